The van der Waals surface area contributed by atoms with Gasteiger partial charge in [0.25, 0.3) is 5.56 Å². The molecule has 1 amide bonds. The topological polar surface area (TPSA) is 64.0 Å². The molecule has 6 heteroatoms. The first-order valence-electron chi connectivity index (χ1n) is 9.40. The van der Waals surface area contributed by atoms with Gasteiger partial charge in [-0.3, -0.25) is 9.59 Å². The van der Waals surface area contributed by atoms with Crippen molar-refractivity contribution in [1.82, 2.24) is 15.1 Å². The van der Waals surface area contributed by atoms with Crippen LogP contribution in [0.4, 0.5) is 0 Å². The second-order valence-corrected chi connectivity index (χ2v) is 7.66. The van der Waals surface area contributed by atoms with E-state index in [1.54, 1.807) is 6.07 Å². The SMILES string of the molecule is O=C(CCn1nc(-c2ccc(Br)cc2)ccc1=O)NCCC1=CCCCC1. The lowest BCUT2D eigenvalue weighted by molar-refractivity contribution is -0.121. The highest BCUT2D eigenvalue weighted by molar-refractivity contribution is 9.10. The summed E-state index contributed by atoms with van der Waals surface area (Å²) in [5.74, 6) is -0.0471. The number of aryl methyl sites for hydroxylation is 1. The van der Waals surface area contributed by atoms with Crippen LogP contribution in [0.15, 0.2) is 57.3 Å². The van der Waals surface area contributed by atoms with E-state index < -0.39 is 0 Å². The van der Waals surface area contributed by atoms with Crippen molar-refractivity contribution in [2.24, 2.45) is 0 Å². The summed E-state index contributed by atoms with van der Waals surface area (Å²) < 4.78 is 2.35. The molecule has 0 spiro atoms. The van der Waals surface area contributed by atoms with Crippen molar-refractivity contribution < 1.29 is 4.79 Å². The molecule has 27 heavy (non-hydrogen) atoms. The molecular formula is C21H24BrN3O2. The number of nitrogens with one attached hydrogen (secondary N) is 1. The van der Waals surface area contributed by atoms with E-state index in [4.69, 9.17) is 0 Å². The van der Waals surface area contributed by atoms with Gasteiger partial charge >= 0.3 is 0 Å². The van der Waals surface area contributed by atoms with Crippen LogP contribution in [0.2, 0.25) is 0 Å². The lowest BCUT2D eigenvalue weighted by atomic mass is 9.97. The number of halogens is 1. The quantitative estimate of drug-likeness (QED) is 0.674. The summed E-state index contributed by atoms with van der Waals surface area (Å²) in [6.45, 7) is 0.934. The van der Waals surface area contributed by atoms with E-state index >= 15 is 0 Å². The van der Waals surface area contributed by atoms with Gasteiger partial charge in [0.2, 0.25) is 5.91 Å². The zero-order valence-electron chi connectivity index (χ0n) is 15.3. The zero-order chi connectivity index (χ0) is 19.1. The molecule has 0 aliphatic heterocycles. The fraction of sp³-hybridized carbons (Fsp3) is 0.381. The Bertz CT molecular complexity index is 872. The maximum atomic E-state index is 12.1. The lowest BCUT2D eigenvalue weighted by Crippen LogP contribution is -2.29. The number of allylic oxidation sites excluding steroid dienone is 1. The summed E-state index contributed by atoms with van der Waals surface area (Å²) in [4.78, 5) is 24.1. The number of carbonyl (C=O) groups excluding carboxylic acids is 1. The van der Waals surface area contributed by atoms with Crippen LogP contribution in [-0.2, 0) is 11.3 Å². The molecule has 0 saturated heterocycles. The third-order valence-corrected chi connectivity index (χ3v) is 5.24. The maximum absolute atomic E-state index is 12.1. The van der Waals surface area contributed by atoms with E-state index in [-0.39, 0.29) is 24.4 Å². The van der Waals surface area contributed by atoms with E-state index in [1.165, 1.54) is 29.2 Å². The van der Waals surface area contributed by atoms with E-state index in [9.17, 15) is 9.59 Å². The standard InChI is InChI=1S/C21H24BrN3O2/c22-18-8-6-17(7-9-18)19-10-11-21(27)25(24-19)15-13-20(26)23-14-12-16-4-2-1-3-5-16/h4,6-11H,1-3,5,12-15H2,(H,23,26). The first kappa shape index (κ1) is 19.5. The molecule has 1 aliphatic carbocycles. The van der Waals surface area contributed by atoms with Crippen LogP contribution in [-0.4, -0.2) is 22.2 Å². The molecule has 0 atom stereocenters. The van der Waals surface area contributed by atoms with Crippen LogP contribution in [0.3, 0.4) is 0 Å². The van der Waals surface area contributed by atoms with Crippen molar-refractivity contribution in [3.8, 4) is 11.3 Å². The number of carbonyl (C=O) groups is 1. The minimum absolute atomic E-state index is 0.0471. The molecule has 0 bridgehead atoms. The molecule has 1 heterocycles. The number of amides is 1. The maximum Gasteiger partial charge on any atom is 0.266 e. The number of hydrogen-bond donors (Lipinski definition) is 1. The van der Waals surface area contributed by atoms with Gasteiger partial charge in [-0.15, -0.1) is 0 Å². The molecule has 0 saturated carbocycles. The summed E-state index contributed by atoms with van der Waals surface area (Å²) in [6.07, 6.45) is 8.30. The molecule has 1 aliphatic rings. The van der Waals surface area contributed by atoms with Crippen LogP contribution >= 0.6 is 15.9 Å². The van der Waals surface area contributed by atoms with E-state index in [0.717, 1.165) is 29.3 Å². The van der Waals surface area contributed by atoms with Gasteiger partial charge in [0, 0.05) is 29.1 Å². The monoisotopic (exact) mass is 429 g/mol. The summed E-state index contributed by atoms with van der Waals surface area (Å²) in [5.41, 5.74) is 2.89. The van der Waals surface area contributed by atoms with Crippen LogP contribution < -0.4 is 10.9 Å². The molecule has 5 nitrogen and oxygen atoms in total. The lowest BCUT2D eigenvalue weighted by Gasteiger charge is -2.13. The summed E-state index contributed by atoms with van der Waals surface area (Å²) in [7, 11) is 0. The second-order valence-electron chi connectivity index (χ2n) is 6.74. The van der Waals surface area contributed by atoms with Crippen LogP contribution in [0.25, 0.3) is 11.3 Å². The fourth-order valence-electron chi connectivity index (χ4n) is 3.17. The van der Waals surface area contributed by atoms with Gasteiger partial charge in [-0.2, -0.15) is 5.10 Å². The van der Waals surface area contributed by atoms with E-state index in [1.807, 2.05) is 24.3 Å². The fourth-order valence-corrected chi connectivity index (χ4v) is 3.44. The molecule has 0 unspecified atom stereocenters. The predicted molar refractivity (Wildman–Crippen MR) is 110 cm³/mol. The highest BCUT2D eigenvalue weighted by atomic mass is 79.9. The predicted octanol–water partition coefficient (Wildman–Crippen LogP) is 4.07. The third kappa shape index (κ3) is 5.89. The Morgan fingerprint density at radius 1 is 1.15 bits per heavy atom. The summed E-state index contributed by atoms with van der Waals surface area (Å²) in [5, 5.41) is 7.34. The normalized spacial score (nSPS) is 13.9. The van der Waals surface area contributed by atoms with E-state index in [2.05, 4.69) is 32.4 Å². The van der Waals surface area contributed by atoms with Crippen molar-refractivity contribution >= 4 is 21.8 Å². The number of nitrogens with zero attached hydrogens (tertiary/aromatic N) is 2. The minimum atomic E-state index is -0.198. The number of hydrogen-bond acceptors (Lipinski definition) is 3. The first-order chi connectivity index (χ1) is 13.1. The Kier molecular flexibility index (Phi) is 6.98. The molecule has 3 rings (SSSR count). The van der Waals surface area contributed by atoms with Gasteiger partial charge in [-0.05, 0) is 50.3 Å². The van der Waals surface area contributed by atoms with Gasteiger partial charge < -0.3 is 5.32 Å². The summed E-state index contributed by atoms with van der Waals surface area (Å²) >= 11 is 3.41. The van der Waals surface area contributed by atoms with Crippen molar-refractivity contribution in [2.75, 3.05) is 6.54 Å². The molecule has 142 valence electrons. The average molecular weight is 430 g/mol. The van der Waals surface area contributed by atoms with Crippen LogP contribution in [0.5, 0.6) is 0 Å². The Morgan fingerprint density at radius 2 is 1.96 bits per heavy atom. The number of benzene rings is 1. The average Bonchev–Trinajstić information content (AvgIpc) is 2.69. The highest BCUT2D eigenvalue weighted by Gasteiger charge is 2.08. The minimum Gasteiger partial charge on any atom is -0.356 e. The number of rotatable bonds is 7. The van der Waals surface area contributed by atoms with Gasteiger partial charge in [0.05, 0.1) is 12.2 Å². The van der Waals surface area contributed by atoms with Crippen molar-refractivity contribution in [1.29, 1.82) is 0 Å². The Balaban J connectivity index is 1.53. The molecular weight excluding hydrogens is 406 g/mol. The van der Waals surface area contributed by atoms with Gasteiger partial charge in [-0.1, -0.05) is 39.7 Å². The molecule has 0 radical (unpaired) electrons. The Labute approximate surface area is 167 Å². The summed E-state index contributed by atoms with van der Waals surface area (Å²) in [6, 6.07) is 10.9. The Morgan fingerprint density at radius 3 is 2.70 bits per heavy atom. The molecule has 1 aromatic heterocycles. The van der Waals surface area contributed by atoms with Crippen molar-refractivity contribution in [3.05, 3.63) is 62.9 Å². The van der Waals surface area contributed by atoms with Crippen LogP contribution in [0, 0.1) is 0 Å². The molecule has 1 N–H and O–H groups in total. The van der Waals surface area contributed by atoms with Crippen molar-refractivity contribution in [3.63, 3.8) is 0 Å². The van der Waals surface area contributed by atoms with Gasteiger partial charge in [0.1, 0.15) is 0 Å². The molecule has 1 aromatic carbocycles. The second kappa shape index (κ2) is 9.65. The third-order valence-electron chi connectivity index (χ3n) is 4.71. The smallest absolute Gasteiger partial charge is 0.266 e. The van der Waals surface area contributed by atoms with E-state index in [0.29, 0.717) is 12.2 Å². The Hall–Kier alpha value is -2.21. The van der Waals surface area contributed by atoms with Crippen molar-refractivity contribution in [2.45, 2.75) is 45.1 Å². The first-order valence-corrected chi connectivity index (χ1v) is 10.2. The number of aromatic nitrogens is 2. The van der Waals surface area contributed by atoms with Gasteiger partial charge in [0.15, 0.2) is 0 Å². The molecule has 0 fully saturated rings. The largest absolute Gasteiger partial charge is 0.356 e. The van der Waals surface area contributed by atoms with Gasteiger partial charge in [-0.25, -0.2) is 4.68 Å². The molecule has 2 aromatic rings. The zero-order valence-corrected chi connectivity index (χ0v) is 16.9. The van der Waals surface area contributed by atoms with Crippen LogP contribution in [0.1, 0.15) is 38.5 Å². The highest BCUT2D eigenvalue weighted by Crippen LogP contribution is 2.20.